The van der Waals surface area contributed by atoms with Crippen LogP contribution in [0, 0.1) is 0 Å². The minimum atomic E-state index is -3.80. The van der Waals surface area contributed by atoms with E-state index in [1.165, 1.54) is 13.3 Å². The number of hydrogen-bond donors (Lipinski definition) is 3. The molecular weight excluding hydrogens is 253 g/mol. The van der Waals surface area contributed by atoms with Crippen LogP contribution in [-0.4, -0.2) is 41.3 Å². The van der Waals surface area contributed by atoms with Crippen LogP contribution < -0.4 is 0 Å². The van der Waals surface area contributed by atoms with Crippen LogP contribution in [0.3, 0.4) is 0 Å². The van der Waals surface area contributed by atoms with Gasteiger partial charge in [0, 0.05) is 26.7 Å². The number of hydrogen-bond acceptors (Lipinski definition) is 4. The molecule has 0 aromatic carbocycles. The van der Waals surface area contributed by atoms with Crippen LogP contribution in [0.5, 0.6) is 0 Å². The van der Waals surface area contributed by atoms with Crippen LogP contribution in [0.2, 0.25) is 0 Å². The zero-order valence-electron chi connectivity index (χ0n) is 8.32. The lowest BCUT2D eigenvalue weighted by Crippen LogP contribution is -1.83. The Morgan fingerprint density at radius 3 is 0.929 bits per heavy atom. The molecule has 3 N–H and O–H groups in total. The Morgan fingerprint density at radius 1 is 0.786 bits per heavy atom. The van der Waals surface area contributed by atoms with Crippen LogP contribution in [0.15, 0.2) is 0 Å². The molecule has 0 aliphatic heterocycles. The van der Waals surface area contributed by atoms with Gasteiger partial charge in [0.25, 0.3) is 0 Å². The SMILES string of the molecule is CP(=O)(O)OP(C)(=O)O.CP(C)(=O)O. The van der Waals surface area contributed by atoms with E-state index in [4.69, 9.17) is 14.7 Å². The first kappa shape index (κ1) is 16.9. The summed E-state index contributed by atoms with van der Waals surface area (Å²) in [5.74, 6) is 0. The van der Waals surface area contributed by atoms with E-state index in [0.29, 0.717) is 0 Å². The van der Waals surface area contributed by atoms with E-state index in [9.17, 15) is 13.7 Å². The van der Waals surface area contributed by atoms with E-state index < -0.39 is 22.6 Å². The Hall–Kier alpha value is 0.530. The molecule has 2 unspecified atom stereocenters. The molecule has 0 aromatic rings. The van der Waals surface area contributed by atoms with Gasteiger partial charge in [0.1, 0.15) is 0 Å². The van der Waals surface area contributed by atoms with Crippen molar-refractivity contribution in [2.24, 2.45) is 0 Å². The molecule has 88 valence electrons. The Morgan fingerprint density at radius 2 is 0.929 bits per heavy atom. The van der Waals surface area contributed by atoms with E-state index in [-0.39, 0.29) is 0 Å². The predicted octanol–water partition coefficient (Wildman–Crippen LogP) is 1.15. The van der Waals surface area contributed by atoms with Crippen molar-refractivity contribution in [1.29, 1.82) is 0 Å². The van der Waals surface area contributed by atoms with Crippen molar-refractivity contribution >= 4 is 22.6 Å². The van der Waals surface area contributed by atoms with Gasteiger partial charge in [-0.2, -0.15) is 0 Å². The van der Waals surface area contributed by atoms with Gasteiger partial charge in [0.05, 0.1) is 0 Å². The van der Waals surface area contributed by atoms with E-state index in [1.54, 1.807) is 0 Å². The van der Waals surface area contributed by atoms with Gasteiger partial charge in [-0.3, -0.25) is 13.7 Å². The molecule has 0 rings (SSSR count). The highest BCUT2D eigenvalue weighted by Crippen LogP contribution is 2.54. The molecule has 0 aromatic heterocycles. The summed E-state index contributed by atoms with van der Waals surface area (Å²) in [6.45, 7) is 4.29. The van der Waals surface area contributed by atoms with Gasteiger partial charge in [0.2, 0.25) is 0 Å². The molecule has 7 nitrogen and oxygen atoms in total. The van der Waals surface area contributed by atoms with E-state index in [1.807, 2.05) is 0 Å². The molecule has 0 heterocycles. The average Bonchev–Trinajstić information content (AvgIpc) is 1.42. The molecule has 2 atom stereocenters. The van der Waals surface area contributed by atoms with Crippen LogP contribution in [-0.2, 0) is 18.0 Å². The highest BCUT2D eigenvalue weighted by Gasteiger charge is 2.21. The van der Waals surface area contributed by atoms with Crippen molar-refractivity contribution in [3.63, 3.8) is 0 Å². The van der Waals surface area contributed by atoms with Gasteiger partial charge in [-0.25, -0.2) is 4.31 Å². The summed E-state index contributed by atoms with van der Waals surface area (Å²) < 4.78 is 34.1. The molecule has 0 aliphatic carbocycles. The van der Waals surface area contributed by atoms with E-state index >= 15 is 0 Å². The van der Waals surface area contributed by atoms with Crippen molar-refractivity contribution in [2.45, 2.75) is 0 Å². The molecule has 0 amide bonds. The lowest BCUT2D eigenvalue weighted by molar-refractivity contribution is 0.341. The average molecular weight is 268 g/mol. The Labute approximate surface area is 82.6 Å². The third kappa shape index (κ3) is 39.1. The van der Waals surface area contributed by atoms with Crippen molar-refractivity contribution in [2.75, 3.05) is 26.7 Å². The minimum absolute atomic E-state index is 0.847. The van der Waals surface area contributed by atoms with Crippen molar-refractivity contribution in [1.82, 2.24) is 0 Å². The first-order chi connectivity index (χ1) is 5.71. The molecule has 0 fully saturated rings. The van der Waals surface area contributed by atoms with Gasteiger partial charge in [-0.1, -0.05) is 0 Å². The maximum absolute atomic E-state index is 10.2. The molecule has 0 spiro atoms. The zero-order valence-corrected chi connectivity index (χ0v) is 11.0. The fraction of sp³-hybridized carbons (Fsp3) is 1.00. The third-order valence-electron chi connectivity index (χ3n) is 0.303. The highest BCUT2D eigenvalue weighted by molar-refractivity contribution is 7.65. The quantitative estimate of drug-likeness (QED) is 0.642. The molecule has 0 bridgehead atoms. The lowest BCUT2D eigenvalue weighted by Gasteiger charge is -2.07. The first-order valence-electron chi connectivity index (χ1n) is 3.30. The van der Waals surface area contributed by atoms with Crippen molar-refractivity contribution < 1.29 is 32.7 Å². The highest BCUT2D eigenvalue weighted by atomic mass is 31.3. The summed E-state index contributed by atoms with van der Waals surface area (Å²) in [5.41, 5.74) is 0. The Kier molecular flexibility index (Phi) is 6.74. The monoisotopic (exact) mass is 268 g/mol. The molecule has 10 heteroatoms. The van der Waals surface area contributed by atoms with Gasteiger partial charge in [-0.05, 0) is 0 Å². The normalized spacial score (nSPS) is 19.9. The topological polar surface area (TPSA) is 121 Å². The third-order valence-corrected chi connectivity index (χ3v) is 2.73. The van der Waals surface area contributed by atoms with Gasteiger partial charge in [0.15, 0.2) is 7.37 Å². The zero-order chi connectivity index (χ0) is 12.2. The number of rotatable bonds is 2. The second-order valence-corrected chi connectivity index (χ2v) is 9.43. The molecule has 0 aliphatic rings. The molecule has 0 saturated carbocycles. The molecule has 0 radical (unpaired) electrons. The smallest absolute Gasteiger partial charge is 0.332 e. The molecule has 0 saturated heterocycles. The van der Waals surface area contributed by atoms with E-state index in [0.717, 1.165) is 13.3 Å². The van der Waals surface area contributed by atoms with Gasteiger partial charge >= 0.3 is 15.2 Å². The summed E-state index contributed by atoms with van der Waals surface area (Å²) in [7, 11) is -10.2. The second-order valence-electron chi connectivity index (χ2n) is 2.98. The van der Waals surface area contributed by atoms with Crippen molar-refractivity contribution in [3.05, 3.63) is 0 Å². The summed E-state index contributed by atoms with van der Waals surface area (Å²) in [5, 5.41) is 0. The lowest BCUT2D eigenvalue weighted by atomic mass is 11.9. The maximum Gasteiger partial charge on any atom is 0.332 e. The Bertz CT molecular complexity index is 264. The van der Waals surface area contributed by atoms with Crippen LogP contribution in [0.1, 0.15) is 0 Å². The summed E-state index contributed by atoms with van der Waals surface area (Å²) >= 11 is 0. The second kappa shape index (κ2) is 5.57. The maximum atomic E-state index is 10.2. The molecule has 14 heavy (non-hydrogen) atoms. The fourth-order valence-electron chi connectivity index (χ4n) is 0.281. The summed E-state index contributed by atoms with van der Waals surface area (Å²) in [4.78, 5) is 24.8. The largest absolute Gasteiger partial charge is 0.345 e. The Balaban J connectivity index is 0. The molecular formula is C4H15O7P3. The van der Waals surface area contributed by atoms with Crippen LogP contribution in [0.4, 0.5) is 0 Å². The summed E-state index contributed by atoms with van der Waals surface area (Å²) in [6.07, 6.45) is 0. The summed E-state index contributed by atoms with van der Waals surface area (Å²) in [6, 6.07) is 0. The minimum Gasteiger partial charge on any atom is -0.345 e. The van der Waals surface area contributed by atoms with Gasteiger partial charge in [-0.15, -0.1) is 0 Å². The predicted molar refractivity (Wildman–Crippen MR) is 54.3 cm³/mol. The van der Waals surface area contributed by atoms with Crippen LogP contribution in [0.25, 0.3) is 0 Å². The first-order valence-corrected chi connectivity index (χ1v) is 9.91. The fourth-order valence-corrected chi connectivity index (χ4v) is 2.53. The van der Waals surface area contributed by atoms with Gasteiger partial charge < -0.3 is 14.7 Å². The van der Waals surface area contributed by atoms with Crippen molar-refractivity contribution in [3.8, 4) is 0 Å². The van der Waals surface area contributed by atoms with Crippen LogP contribution >= 0.6 is 22.6 Å². The van der Waals surface area contributed by atoms with E-state index in [2.05, 4.69) is 4.31 Å². The standard InChI is InChI=1S/C2H8O5P2.C2H7O2P/c1-8(3,4)7-9(2,5)6;1-5(2,3)4/h1-2H3,(H,3,4)(H,5,6);1-2H3,(H,3,4).